The van der Waals surface area contributed by atoms with Crippen LogP contribution in [0.15, 0.2) is 24.4 Å². The maximum atomic E-state index is 12.3. The standard InChI is InChI=1S/C22H28BN7O/c1-14(31)18-12-17-20(23)27-22(28-21(17)30(18)15-4-2-3-5-15)26-19-7-6-16(13-25-19)29-10-8-24-9-11-29/h6-7,12-13,15,24H,2-5,8-11,23H2,1H3,(H,25,26,27,28). The summed E-state index contributed by atoms with van der Waals surface area (Å²) in [5, 5.41) is 7.58. The normalized spacial score (nSPS) is 17.4. The predicted molar refractivity (Wildman–Crippen MR) is 126 cm³/mol. The molecule has 1 saturated carbocycles. The van der Waals surface area contributed by atoms with Crippen molar-refractivity contribution in [2.24, 2.45) is 0 Å². The van der Waals surface area contributed by atoms with E-state index in [-0.39, 0.29) is 5.78 Å². The van der Waals surface area contributed by atoms with Crippen molar-refractivity contribution in [2.45, 2.75) is 38.6 Å². The minimum absolute atomic E-state index is 0.0731. The van der Waals surface area contributed by atoms with E-state index in [9.17, 15) is 4.79 Å². The van der Waals surface area contributed by atoms with Crippen LogP contribution in [0.1, 0.15) is 49.1 Å². The van der Waals surface area contributed by atoms with E-state index < -0.39 is 0 Å². The number of pyridine rings is 1. The van der Waals surface area contributed by atoms with Crippen molar-refractivity contribution in [1.82, 2.24) is 24.8 Å². The first-order valence-electron chi connectivity index (χ1n) is 11.2. The van der Waals surface area contributed by atoms with Crippen LogP contribution in [0, 0.1) is 0 Å². The van der Waals surface area contributed by atoms with Gasteiger partial charge in [0.15, 0.2) is 13.6 Å². The molecule has 0 spiro atoms. The molecule has 0 bridgehead atoms. The van der Waals surface area contributed by atoms with Gasteiger partial charge >= 0.3 is 0 Å². The summed E-state index contributed by atoms with van der Waals surface area (Å²) in [4.78, 5) is 28.7. The van der Waals surface area contributed by atoms with Gasteiger partial charge in [-0.2, -0.15) is 4.98 Å². The number of aromatic nitrogens is 4. The van der Waals surface area contributed by atoms with Gasteiger partial charge in [-0.15, -0.1) is 0 Å². The Bertz CT molecular complexity index is 1100. The van der Waals surface area contributed by atoms with Crippen LogP contribution in [0.2, 0.25) is 0 Å². The maximum absolute atomic E-state index is 12.3. The minimum Gasteiger partial charge on any atom is -0.368 e. The van der Waals surface area contributed by atoms with Gasteiger partial charge in [0.2, 0.25) is 5.95 Å². The van der Waals surface area contributed by atoms with Crippen LogP contribution < -0.4 is 21.1 Å². The third-order valence-electron chi connectivity index (χ3n) is 6.41. The lowest BCUT2D eigenvalue weighted by molar-refractivity contribution is 0.100. The zero-order chi connectivity index (χ0) is 21.4. The molecule has 2 N–H and O–H groups in total. The molecule has 5 rings (SSSR count). The highest BCUT2D eigenvalue weighted by atomic mass is 16.1. The third kappa shape index (κ3) is 3.90. The highest BCUT2D eigenvalue weighted by Crippen LogP contribution is 2.34. The van der Waals surface area contributed by atoms with Gasteiger partial charge in [-0.25, -0.2) is 9.97 Å². The van der Waals surface area contributed by atoms with Crippen molar-refractivity contribution in [2.75, 3.05) is 36.4 Å². The van der Waals surface area contributed by atoms with Gasteiger partial charge in [-0.05, 0) is 31.0 Å². The number of fused-ring (bicyclic) bond motifs is 1. The Hall–Kier alpha value is -2.94. The number of nitrogens with one attached hydrogen (secondary N) is 2. The molecule has 9 heteroatoms. The molecule has 0 atom stereocenters. The number of hydrogen-bond donors (Lipinski definition) is 2. The summed E-state index contributed by atoms with van der Waals surface area (Å²) in [5.74, 6) is 1.30. The first kappa shape index (κ1) is 20.0. The highest BCUT2D eigenvalue weighted by Gasteiger charge is 2.25. The van der Waals surface area contributed by atoms with Gasteiger partial charge in [-0.1, -0.05) is 12.8 Å². The third-order valence-corrected chi connectivity index (χ3v) is 6.41. The van der Waals surface area contributed by atoms with E-state index in [0.29, 0.717) is 17.8 Å². The van der Waals surface area contributed by atoms with Crippen molar-refractivity contribution in [3.8, 4) is 0 Å². The van der Waals surface area contributed by atoms with Crippen molar-refractivity contribution in [3.05, 3.63) is 30.1 Å². The van der Waals surface area contributed by atoms with Crippen LogP contribution in [-0.2, 0) is 0 Å². The van der Waals surface area contributed by atoms with E-state index >= 15 is 0 Å². The Kier molecular flexibility index (Phi) is 5.35. The van der Waals surface area contributed by atoms with Crippen molar-refractivity contribution in [3.63, 3.8) is 0 Å². The van der Waals surface area contributed by atoms with Crippen molar-refractivity contribution >= 4 is 47.7 Å². The molecule has 0 amide bonds. The monoisotopic (exact) mass is 417 g/mol. The minimum atomic E-state index is 0.0731. The number of hydrogen-bond acceptors (Lipinski definition) is 7. The van der Waals surface area contributed by atoms with Crippen LogP contribution in [0.25, 0.3) is 11.0 Å². The summed E-state index contributed by atoms with van der Waals surface area (Å²) >= 11 is 0. The lowest BCUT2D eigenvalue weighted by atomic mass is 10.0. The second-order valence-corrected chi connectivity index (χ2v) is 8.53. The average Bonchev–Trinajstić information content (AvgIpc) is 3.43. The fourth-order valence-corrected chi connectivity index (χ4v) is 4.78. The quantitative estimate of drug-likeness (QED) is 0.481. The topological polar surface area (TPSA) is 88.0 Å². The number of nitrogens with zero attached hydrogens (tertiary/aromatic N) is 5. The molecule has 3 aromatic rings. The first-order valence-corrected chi connectivity index (χ1v) is 11.2. The Morgan fingerprint density at radius 1 is 1.19 bits per heavy atom. The molecule has 4 heterocycles. The Morgan fingerprint density at radius 2 is 1.97 bits per heavy atom. The van der Waals surface area contributed by atoms with Gasteiger partial charge < -0.3 is 20.1 Å². The molecule has 31 heavy (non-hydrogen) atoms. The first-order chi connectivity index (χ1) is 15.1. The molecular weight excluding hydrogens is 389 g/mol. The lowest BCUT2D eigenvalue weighted by Gasteiger charge is -2.29. The summed E-state index contributed by atoms with van der Waals surface area (Å²) in [5.41, 5.74) is 3.56. The number of Topliss-reactive ketones (excluding diaryl/α,β-unsaturated/α-hetero) is 1. The summed E-state index contributed by atoms with van der Waals surface area (Å²) in [6.07, 6.45) is 6.46. The average molecular weight is 417 g/mol. The second-order valence-electron chi connectivity index (χ2n) is 8.53. The van der Waals surface area contributed by atoms with E-state index in [1.807, 2.05) is 26.2 Å². The molecule has 1 aliphatic heterocycles. The summed E-state index contributed by atoms with van der Waals surface area (Å²) in [6, 6.07) is 6.34. The Morgan fingerprint density at radius 3 is 2.65 bits per heavy atom. The number of ketones is 1. The van der Waals surface area contributed by atoms with Crippen LogP contribution in [0.3, 0.4) is 0 Å². The molecule has 0 unspecified atom stereocenters. The highest BCUT2D eigenvalue weighted by molar-refractivity contribution is 6.37. The summed E-state index contributed by atoms with van der Waals surface area (Å²) < 4.78 is 2.14. The van der Waals surface area contributed by atoms with E-state index in [1.54, 1.807) is 6.92 Å². The molecular formula is C22H28BN7O. The zero-order valence-corrected chi connectivity index (χ0v) is 18.2. The number of anilines is 3. The molecule has 2 fully saturated rings. The van der Waals surface area contributed by atoms with Crippen LogP contribution in [-0.4, -0.2) is 59.3 Å². The predicted octanol–water partition coefficient (Wildman–Crippen LogP) is 1.56. The van der Waals surface area contributed by atoms with E-state index in [1.165, 1.54) is 12.8 Å². The molecule has 160 valence electrons. The summed E-state index contributed by atoms with van der Waals surface area (Å²) in [7, 11) is 1.97. The number of rotatable bonds is 5. The van der Waals surface area contributed by atoms with Gasteiger partial charge in [0, 0.05) is 50.1 Å². The fourth-order valence-electron chi connectivity index (χ4n) is 4.78. The Labute approximate surface area is 182 Å². The van der Waals surface area contributed by atoms with E-state index in [2.05, 4.69) is 36.1 Å². The number of carbonyl (C=O) groups excluding carboxylic acids is 1. The van der Waals surface area contributed by atoms with Crippen LogP contribution >= 0.6 is 0 Å². The van der Waals surface area contributed by atoms with Crippen molar-refractivity contribution < 1.29 is 4.79 Å². The smallest absolute Gasteiger partial charge is 0.229 e. The largest absolute Gasteiger partial charge is 0.368 e. The molecule has 3 aromatic heterocycles. The molecule has 2 aliphatic rings. The molecule has 0 radical (unpaired) electrons. The number of piperazine rings is 1. The van der Waals surface area contributed by atoms with Gasteiger partial charge in [0.25, 0.3) is 0 Å². The van der Waals surface area contributed by atoms with Crippen LogP contribution in [0.4, 0.5) is 17.5 Å². The van der Waals surface area contributed by atoms with Gasteiger partial charge in [0.1, 0.15) is 11.5 Å². The van der Waals surface area contributed by atoms with E-state index in [0.717, 1.165) is 67.0 Å². The second kappa shape index (κ2) is 8.30. The molecule has 8 nitrogen and oxygen atoms in total. The molecule has 1 aliphatic carbocycles. The van der Waals surface area contributed by atoms with Gasteiger partial charge in [-0.3, -0.25) is 4.79 Å². The Balaban J connectivity index is 1.46. The molecule has 1 saturated heterocycles. The number of carbonyl (C=O) groups is 1. The zero-order valence-electron chi connectivity index (χ0n) is 18.2. The maximum Gasteiger partial charge on any atom is 0.229 e. The lowest BCUT2D eigenvalue weighted by Crippen LogP contribution is -2.43. The van der Waals surface area contributed by atoms with Gasteiger partial charge in [0.05, 0.1) is 17.6 Å². The SMILES string of the molecule is Bc1nc(Nc2ccc(N3CCNCC3)cn2)nc2c1cc(C(C)=O)n2C1CCCC1. The van der Waals surface area contributed by atoms with E-state index in [4.69, 9.17) is 4.98 Å². The summed E-state index contributed by atoms with van der Waals surface area (Å²) in [6.45, 7) is 5.60. The van der Waals surface area contributed by atoms with Crippen molar-refractivity contribution in [1.29, 1.82) is 0 Å². The molecule has 0 aromatic carbocycles. The fraction of sp³-hybridized carbons (Fsp3) is 0.455. The van der Waals surface area contributed by atoms with Crippen LogP contribution in [0.5, 0.6) is 0 Å².